The summed E-state index contributed by atoms with van der Waals surface area (Å²) < 4.78 is 0. The van der Waals surface area contributed by atoms with Gasteiger partial charge in [-0.2, -0.15) is 0 Å². The molecule has 0 fully saturated rings. The third-order valence-electron chi connectivity index (χ3n) is 1.70. The van der Waals surface area contributed by atoms with Crippen molar-refractivity contribution in [3.8, 4) is 0 Å². The van der Waals surface area contributed by atoms with Crippen molar-refractivity contribution in [1.82, 2.24) is 15.3 Å². The number of nitrogens with one attached hydrogen (secondary N) is 1. The molecule has 1 aromatic rings. The minimum absolute atomic E-state index is 0.459. The molecule has 6 heteroatoms. The number of aliphatic carboxylic acids is 1. The lowest BCUT2D eigenvalue weighted by Crippen LogP contribution is -2.38. The molecule has 0 amide bonds. The van der Waals surface area contributed by atoms with Crippen LogP contribution in [-0.2, 0) is 4.79 Å². The number of carboxylic acid groups (broad SMARTS) is 1. The topological polar surface area (TPSA) is 75.1 Å². The molecular weight excluding hydrogens is 214 g/mol. The molecule has 5 nitrogen and oxygen atoms in total. The van der Waals surface area contributed by atoms with Crippen LogP contribution in [0, 0.1) is 0 Å². The summed E-state index contributed by atoms with van der Waals surface area (Å²) in [6.07, 6.45) is 3.09. The van der Waals surface area contributed by atoms with Crippen molar-refractivity contribution in [3.63, 3.8) is 0 Å². The number of aromatic nitrogens is 2. The molecule has 0 aliphatic carbocycles. The molecule has 0 saturated heterocycles. The Labute approximate surface area is 92.3 Å². The Morgan fingerprint density at radius 2 is 2.53 bits per heavy atom. The normalized spacial score (nSPS) is 12.3. The van der Waals surface area contributed by atoms with Gasteiger partial charge >= 0.3 is 5.97 Å². The Morgan fingerprint density at radius 3 is 3.07 bits per heavy atom. The molecule has 0 radical (unpaired) electrons. The smallest absolute Gasteiger partial charge is 0.321 e. The Hall–Kier alpha value is -1.14. The van der Waals surface area contributed by atoms with Gasteiger partial charge in [0, 0.05) is 11.9 Å². The minimum atomic E-state index is -0.835. The third kappa shape index (κ3) is 4.26. The monoisotopic (exact) mass is 227 g/mol. The van der Waals surface area contributed by atoms with E-state index in [9.17, 15) is 4.79 Å². The zero-order valence-corrected chi connectivity index (χ0v) is 9.20. The summed E-state index contributed by atoms with van der Waals surface area (Å²) in [4.78, 5) is 18.6. The molecule has 0 aliphatic heterocycles. The fourth-order valence-corrected chi connectivity index (χ4v) is 1.87. The van der Waals surface area contributed by atoms with Crippen molar-refractivity contribution >= 4 is 17.7 Å². The van der Waals surface area contributed by atoms with Gasteiger partial charge in [0.1, 0.15) is 12.4 Å². The van der Waals surface area contributed by atoms with Crippen LogP contribution in [0.25, 0.3) is 0 Å². The first-order chi connectivity index (χ1) is 7.24. The van der Waals surface area contributed by atoms with Crippen LogP contribution in [0.2, 0.25) is 0 Å². The van der Waals surface area contributed by atoms with E-state index in [0.717, 1.165) is 5.03 Å². The number of hydrogen-bond acceptors (Lipinski definition) is 5. The number of nitrogens with zero attached hydrogens (tertiary/aromatic N) is 2. The Morgan fingerprint density at radius 1 is 1.73 bits per heavy atom. The molecule has 0 spiro atoms. The molecule has 1 rings (SSSR count). The predicted molar refractivity (Wildman–Crippen MR) is 57.9 cm³/mol. The second-order valence-electron chi connectivity index (χ2n) is 2.81. The van der Waals surface area contributed by atoms with Crippen molar-refractivity contribution in [2.45, 2.75) is 18.0 Å². The van der Waals surface area contributed by atoms with E-state index in [1.54, 1.807) is 12.3 Å². The van der Waals surface area contributed by atoms with Crippen LogP contribution in [0.15, 0.2) is 23.6 Å². The molecule has 2 N–H and O–H groups in total. The van der Waals surface area contributed by atoms with Crippen LogP contribution in [0.1, 0.15) is 6.92 Å². The fraction of sp³-hybridized carbons (Fsp3) is 0.444. The van der Waals surface area contributed by atoms with Crippen molar-refractivity contribution in [2.75, 3.05) is 12.3 Å². The van der Waals surface area contributed by atoms with Gasteiger partial charge in [-0.3, -0.25) is 4.79 Å². The maximum absolute atomic E-state index is 10.8. The standard InChI is InChI=1S/C9H13N3O2S/c1-2-11-7(9(13)14)5-15-8-3-4-10-6-12-8/h3-4,6-7,11H,2,5H2,1H3,(H,13,14). The van der Waals surface area contributed by atoms with Crippen molar-refractivity contribution in [1.29, 1.82) is 0 Å². The van der Waals surface area contributed by atoms with Gasteiger partial charge in [0.2, 0.25) is 0 Å². The van der Waals surface area contributed by atoms with Gasteiger partial charge in [0.05, 0.1) is 5.03 Å². The van der Waals surface area contributed by atoms with Crippen LogP contribution in [0.4, 0.5) is 0 Å². The van der Waals surface area contributed by atoms with Gasteiger partial charge in [-0.25, -0.2) is 9.97 Å². The molecule has 82 valence electrons. The largest absolute Gasteiger partial charge is 0.480 e. The van der Waals surface area contributed by atoms with E-state index < -0.39 is 12.0 Å². The van der Waals surface area contributed by atoms with Crippen LogP contribution >= 0.6 is 11.8 Å². The molecule has 0 aliphatic rings. The highest BCUT2D eigenvalue weighted by Crippen LogP contribution is 2.14. The SMILES string of the molecule is CCNC(CSc1ccncn1)C(=O)O. The zero-order valence-electron chi connectivity index (χ0n) is 8.38. The molecule has 0 saturated carbocycles. The lowest BCUT2D eigenvalue weighted by atomic mass is 10.3. The first-order valence-electron chi connectivity index (χ1n) is 4.59. The number of thioether (sulfide) groups is 1. The zero-order chi connectivity index (χ0) is 11.1. The Balaban J connectivity index is 2.43. The summed E-state index contributed by atoms with van der Waals surface area (Å²) in [6.45, 7) is 2.52. The lowest BCUT2D eigenvalue weighted by molar-refractivity contribution is -0.138. The lowest BCUT2D eigenvalue weighted by Gasteiger charge is -2.11. The molecule has 1 atom stereocenters. The predicted octanol–water partition coefficient (Wildman–Crippen LogP) is 0.631. The third-order valence-corrected chi connectivity index (χ3v) is 2.74. The quantitative estimate of drug-likeness (QED) is 0.548. The molecule has 1 heterocycles. The highest BCUT2D eigenvalue weighted by molar-refractivity contribution is 7.99. The second-order valence-corrected chi connectivity index (χ2v) is 3.85. The first-order valence-corrected chi connectivity index (χ1v) is 5.57. The highest BCUT2D eigenvalue weighted by Gasteiger charge is 2.15. The summed E-state index contributed by atoms with van der Waals surface area (Å²) in [5.41, 5.74) is 0. The summed E-state index contributed by atoms with van der Waals surface area (Å²) >= 11 is 1.40. The average molecular weight is 227 g/mol. The molecule has 15 heavy (non-hydrogen) atoms. The van der Waals surface area contributed by atoms with Crippen molar-refractivity contribution < 1.29 is 9.90 Å². The molecule has 0 aromatic carbocycles. The summed E-state index contributed by atoms with van der Waals surface area (Å²) in [6, 6.07) is 1.23. The molecular formula is C9H13N3O2S. The molecule has 1 unspecified atom stereocenters. The van der Waals surface area contributed by atoms with Gasteiger partial charge in [-0.05, 0) is 12.6 Å². The van der Waals surface area contributed by atoms with E-state index in [-0.39, 0.29) is 0 Å². The number of likely N-dealkylation sites (N-methyl/N-ethyl adjacent to an activating group) is 1. The van der Waals surface area contributed by atoms with Gasteiger partial charge < -0.3 is 10.4 Å². The number of carboxylic acids is 1. The van der Waals surface area contributed by atoms with Crippen molar-refractivity contribution in [2.24, 2.45) is 0 Å². The van der Waals surface area contributed by atoms with E-state index in [1.165, 1.54) is 18.1 Å². The van der Waals surface area contributed by atoms with E-state index >= 15 is 0 Å². The fourth-order valence-electron chi connectivity index (χ4n) is 0.997. The average Bonchev–Trinajstić information content (AvgIpc) is 2.25. The van der Waals surface area contributed by atoms with Gasteiger partial charge in [0.15, 0.2) is 0 Å². The molecule has 0 bridgehead atoms. The number of carbonyl (C=O) groups is 1. The van der Waals surface area contributed by atoms with Crippen LogP contribution in [0.3, 0.4) is 0 Å². The summed E-state index contributed by atoms with van der Waals surface area (Å²) in [5, 5.41) is 12.5. The van der Waals surface area contributed by atoms with Crippen molar-refractivity contribution in [3.05, 3.63) is 18.6 Å². The number of rotatable bonds is 6. The van der Waals surface area contributed by atoms with E-state index in [4.69, 9.17) is 5.11 Å². The minimum Gasteiger partial charge on any atom is -0.480 e. The Kier molecular flexibility index (Phi) is 5.06. The van der Waals surface area contributed by atoms with Gasteiger partial charge in [0.25, 0.3) is 0 Å². The second kappa shape index (κ2) is 6.36. The van der Waals surface area contributed by atoms with Gasteiger partial charge in [-0.15, -0.1) is 11.8 Å². The first kappa shape index (κ1) is 11.9. The van der Waals surface area contributed by atoms with Gasteiger partial charge in [-0.1, -0.05) is 6.92 Å². The summed E-state index contributed by atoms with van der Waals surface area (Å²) in [5.74, 6) is -0.376. The maximum Gasteiger partial charge on any atom is 0.321 e. The molecule has 1 aromatic heterocycles. The van der Waals surface area contributed by atoms with Crippen LogP contribution in [-0.4, -0.2) is 39.4 Å². The highest BCUT2D eigenvalue weighted by atomic mass is 32.2. The van der Waals surface area contributed by atoms with E-state index in [2.05, 4.69) is 15.3 Å². The van der Waals surface area contributed by atoms with Crippen LogP contribution < -0.4 is 5.32 Å². The number of hydrogen-bond donors (Lipinski definition) is 2. The maximum atomic E-state index is 10.8. The summed E-state index contributed by atoms with van der Waals surface area (Å²) in [7, 11) is 0. The Bertz CT molecular complexity index is 307. The van der Waals surface area contributed by atoms with Crippen LogP contribution in [0.5, 0.6) is 0 Å². The van der Waals surface area contributed by atoms with E-state index in [0.29, 0.717) is 12.3 Å². The van der Waals surface area contributed by atoms with E-state index in [1.807, 2.05) is 6.92 Å².